The van der Waals surface area contributed by atoms with Gasteiger partial charge in [0.2, 0.25) is 0 Å². The molecular weight excluding hydrogens is 381 g/mol. The van der Waals surface area contributed by atoms with Gasteiger partial charge in [-0.2, -0.15) is 18.3 Å². The zero-order valence-electron chi connectivity index (χ0n) is 14.3. The van der Waals surface area contributed by atoms with Gasteiger partial charge < -0.3 is 5.32 Å². The highest BCUT2D eigenvalue weighted by atomic mass is 19.4. The number of nitro groups is 1. The Hall–Kier alpha value is -3.76. The van der Waals surface area contributed by atoms with Crippen LogP contribution < -0.4 is 10.7 Å². The van der Waals surface area contributed by atoms with Crippen LogP contribution in [-0.4, -0.2) is 28.6 Å². The number of benzene rings is 2. The number of hydrogen-bond acceptors (Lipinski definition) is 5. The van der Waals surface area contributed by atoms with E-state index < -0.39 is 22.9 Å². The van der Waals surface area contributed by atoms with Crippen LogP contribution in [0.3, 0.4) is 0 Å². The summed E-state index contributed by atoms with van der Waals surface area (Å²) in [6.07, 6.45) is -5.02. The summed E-state index contributed by atoms with van der Waals surface area (Å²) in [5, 5.41) is 16.3. The number of hydrazone groups is 1. The third kappa shape index (κ3) is 5.37. The standard InChI is InChI=1S/C17H13F3N4O4/c1-10(11-4-2-6-13(8-11)21-16(26)17(18,19)20)22-23-15(25)12-5-3-7-14(9-12)24(27)28/h2-9H,1H3,(H,21,26)(H,23,25)/b22-10-. The van der Waals surface area contributed by atoms with Gasteiger partial charge in [-0.3, -0.25) is 19.7 Å². The van der Waals surface area contributed by atoms with E-state index in [1.807, 2.05) is 0 Å². The van der Waals surface area contributed by atoms with Crippen LogP contribution in [0, 0.1) is 10.1 Å². The second kappa shape index (κ2) is 8.29. The first-order valence-corrected chi connectivity index (χ1v) is 7.65. The molecule has 0 aliphatic carbocycles. The summed E-state index contributed by atoms with van der Waals surface area (Å²) in [7, 11) is 0. The fourth-order valence-corrected chi connectivity index (χ4v) is 2.05. The van der Waals surface area contributed by atoms with Crippen LogP contribution in [0.25, 0.3) is 0 Å². The molecule has 0 atom stereocenters. The smallest absolute Gasteiger partial charge is 0.318 e. The monoisotopic (exact) mass is 394 g/mol. The lowest BCUT2D eigenvalue weighted by Gasteiger charge is -2.09. The molecule has 0 aliphatic rings. The van der Waals surface area contributed by atoms with Crippen molar-refractivity contribution in [3.63, 3.8) is 0 Å². The normalized spacial score (nSPS) is 11.6. The predicted octanol–water partition coefficient (Wildman–Crippen LogP) is 3.25. The molecule has 2 rings (SSSR count). The summed E-state index contributed by atoms with van der Waals surface area (Å²) >= 11 is 0. The highest BCUT2D eigenvalue weighted by Gasteiger charge is 2.38. The fraction of sp³-hybridized carbons (Fsp3) is 0.118. The SMILES string of the molecule is C/C(=N/NC(=O)c1cccc([N+](=O)[O-])c1)c1cccc(NC(=O)C(F)(F)F)c1. The Balaban J connectivity index is 2.12. The Kier molecular flexibility index (Phi) is 6.08. The molecular formula is C17H13F3N4O4. The van der Waals surface area contributed by atoms with E-state index in [0.717, 1.165) is 6.07 Å². The van der Waals surface area contributed by atoms with E-state index in [1.165, 1.54) is 49.4 Å². The Morgan fingerprint density at radius 2 is 1.71 bits per heavy atom. The number of nitro benzene ring substituents is 1. The first-order chi connectivity index (χ1) is 13.1. The lowest BCUT2D eigenvalue weighted by molar-refractivity contribution is -0.384. The molecule has 146 valence electrons. The zero-order valence-corrected chi connectivity index (χ0v) is 14.3. The Labute approximate surface area is 156 Å². The molecule has 0 saturated carbocycles. The van der Waals surface area contributed by atoms with Gasteiger partial charge in [-0.05, 0) is 30.7 Å². The molecule has 28 heavy (non-hydrogen) atoms. The number of carbonyl (C=O) groups is 2. The number of hydrogen-bond donors (Lipinski definition) is 2. The number of anilines is 1. The van der Waals surface area contributed by atoms with Gasteiger partial charge in [0.15, 0.2) is 0 Å². The zero-order chi connectivity index (χ0) is 20.9. The van der Waals surface area contributed by atoms with Crippen LogP contribution >= 0.6 is 0 Å². The summed E-state index contributed by atoms with van der Waals surface area (Å²) in [4.78, 5) is 33.1. The minimum atomic E-state index is -5.02. The first-order valence-electron chi connectivity index (χ1n) is 7.65. The number of carbonyl (C=O) groups excluding carboxylic acids is 2. The minimum Gasteiger partial charge on any atom is -0.318 e. The number of halogens is 3. The average molecular weight is 394 g/mol. The van der Waals surface area contributed by atoms with Gasteiger partial charge >= 0.3 is 12.1 Å². The van der Waals surface area contributed by atoms with Crippen LogP contribution in [-0.2, 0) is 4.79 Å². The number of alkyl halides is 3. The van der Waals surface area contributed by atoms with Crippen molar-refractivity contribution in [2.24, 2.45) is 5.10 Å². The van der Waals surface area contributed by atoms with Gasteiger partial charge in [0.05, 0.1) is 10.6 Å². The van der Waals surface area contributed by atoms with E-state index in [2.05, 4.69) is 10.5 Å². The second-order valence-corrected chi connectivity index (χ2v) is 5.48. The van der Waals surface area contributed by atoms with Crippen molar-refractivity contribution < 1.29 is 27.7 Å². The molecule has 2 N–H and O–H groups in total. The lowest BCUT2D eigenvalue weighted by atomic mass is 10.1. The topological polar surface area (TPSA) is 114 Å². The molecule has 0 radical (unpaired) electrons. The molecule has 11 heteroatoms. The third-order valence-electron chi connectivity index (χ3n) is 3.44. The number of rotatable bonds is 5. The molecule has 0 fully saturated rings. The Morgan fingerprint density at radius 1 is 1.07 bits per heavy atom. The average Bonchev–Trinajstić information content (AvgIpc) is 2.65. The van der Waals surface area contributed by atoms with Crippen molar-refractivity contribution >= 4 is 28.9 Å². The number of amides is 2. The van der Waals surface area contributed by atoms with E-state index >= 15 is 0 Å². The van der Waals surface area contributed by atoms with Crippen molar-refractivity contribution in [1.82, 2.24) is 5.43 Å². The highest BCUT2D eigenvalue weighted by Crippen LogP contribution is 2.19. The molecule has 0 unspecified atom stereocenters. The lowest BCUT2D eigenvalue weighted by Crippen LogP contribution is -2.29. The summed E-state index contributed by atoms with van der Waals surface area (Å²) in [6, 6.07) is 10.4. The van der Waals surface area contributed by atoms with Crippen molar-refractivity contribution in [1.29, 1.82) is 0 Å². The van der Waals surface area contributed by atoms with Gasteiger partial charge in [-0.25, -0.2) is 5.43 Å². The maximum absolute atomic E-state index is 12.3. The van der Waals surface area contributed by atoms with E-state index in [9.17, 15) is 32.9 Å². The molecule has 0 aliphatic heterocycles. The molecule has 2 amide bonds. The molecule has 8 nitrogen and oxygen atoms in total. The maximum Gasteiger partial charge on any atom is 0.471 e. The van der Waals surface area contributed by atoms with Crippen LogP contribution in [0.2, 0.25) is 0 Å². The van der Waals surface area contributed by atoms with Crippen LogP contribution in [0.1, 0.15) is 22.8 Å². The summed E-state index contributed by atoms with van der Waals surface area (Å²) in [5.41, 5.74) is 2.44. The molecule has 0 aromatic heterocycles. The molecule has 0 heterocycles. The van der Waals surface area contributed by atoms with E-state index in [4.69, 9.17) is 0 Å². The maximum atomic E-state index is 12.3. The molecule has 0 bridgehead atoms. The Bertz CT molecular complexity index is 957. The van der Waals surface area contributed by atoms with Gasteiger partial charge in [-0.15, -0.1) is 0 Å². The number of nitrogens with one attached hydrogen (secondary N) is 2. The second-order valence-electron chi connectivity index (χ2n) is 5.48. The van der Waals surface area contributed by atoms with Gasteiger partial charge in [-0.1, -0.05) is 18.2 Å². The van der Waals surface area contributed by atoms with E-state index in [0.29, 0.717) is 5.56 Å². The fourth-order valence-electron chi connectivity index (χ4n) is 2.05. The largest absolute Gasteiger partial charge is 0.471 e. The van der Waals surface area contributed by atoms with Gasteiger partial charge in [0.1, 0.15) is 0 Å². The summed E-state index contributed by atoms with van der Waals surface area (Å²) in [6.45, 7) is 1.48. The van der Waals surface area contributed by atoms with Gasteiger partial charge in [0, 0.05) is 23.4 Å². The van der Waals surface area contributed by atoms with Crippen LogP contribution in [0.5, 0.6) is 0 Å². The molecule has 2 aromatic carbocycles. The highest BCUT2D eigenvalue weighted by molar-refractivity contribution is 6.02. The van der Waals surface area contributed by atoms with Gasteiger partial charge in [0.25, 0.3) is 11.6 Å². The molecule has 2 aromatic rings. The van der Waals surface area contributed by atoms with Crippen molar-refractivity contribution in [2.45, 2.75) is 13.1 Å². The number of non-ortho nitro benzene ring substituents is 1. The van der Waals surface area contributed by atoms with Crippen molar-refractivity contribution in [3.8, 4) is 0 Å². The predicted molar refractivity (Wildman–Crippen MR) is 93.9 cm³/mol. The number of nitrogens with zero attached hydrogens (tertiary/aromatic N) is 2. The van der Waals surface area contributed by atoms with Crippen LogP contribution in [0.4, 0.5) is 24.5 Å². The first kappa shape index (κ1) is 20.6. The molecule has 0 saturated heterocycles. The van der Waals surface area contributed by atoms with Crippen molar-refractivity contribution in [3.05, 3.63) is 69.8 Å². The quantitative estimate of drug-likeness (QED) is 0.460. The summed E-state index contributed by atoms with van der Waals surface area (Å²) < 4.78 is 37.0. The van der Waals surface area contributed by atoms with E-state index in [1.54, 1.807) is 5.32 Å². The minimum absolute atomic E-state index is 0.0111. The van der Waals surface area contributed by atoms with E-state index in [-0.39, 0.29) is 22.6 Å². The van der Waals surface area contributed by atoms with Crippen LogP contribution in [0.15, 0.2) is 53.6 Å². The third-order valence-corrected chi connectivity index (χ3v) is 3.44. The summed E-state index contributed by atoms with van der Waals surface area (Å²) in [5.74, 6) is -2.82. The molecule has 0 spiro atoms. The Morgan fingerprint density at radius 3 is 2.36 bits per heavy atom. The van der Waals surface area contributed by atoms with Crippen molar-refractivity contribution in [2.75, 3.05) is 5.32 Å².